The van der Waals surface area contributed by atoms with Crippen molar-refractivity contribution in [2.75, 3.05) is 19.6 Å². The number of aliphatic imine (C=N–C) groups is 1. The van der Waals surface area contributed by atoms with Crippen LogP contribution in [0.3, 0.4) is 0 Å². The molecule has 0 aliphatic rings. The first-order valence-electron chi connectivity index (χ1n) is 8.19. The van der Waals surface area contributed by atoms with Crippen LogP contribution in [0.4, 0.5) is 0 Å². The van der Waals surface area contributed by atoms with E-state index in [1.165, 1.54) is 6.42 Å². The number of halogens is 1. The summed E-state index contributed by atoms with van der Waals surface area (Å²) in [5.41, 5.74) is 0. The fourth-order valence-corrected chi connectivity index (χ4v) is 1.76. The number of guanidine groups is 1. The van der Waals surface area contributed by atoms with E-state index in [0.29, 0.717) is 19.1 Å². The number of amides is 1. The van der Waals surface area contributed by atoms with E-state index < -0.39 is 0 Å². The quantitative estimate of drug-likeness (QED) is 0.230. The summed E-state index contributed by atoms with van der Waals surface area (Å²) >= 11 is 0. The zero-order valence-electron chi connectivity index (χ0n) is 15.0. The first-order chi connectivity index (χ1) is 9.86. The zero-order chi connectivity index (χ0) is 16.3. The standard InChI is InChI=1S/C16H34N4O.HI/c1-7-17-16(20-14(6)9-8-12(2)3)19-11-10-18-15(21)13(4)5;/h12-14H,7-11H2,1-6H3,(H,18,21)(H2,17,19,20);1H. The van der Waals surface area contributed by atoms with Crippen LogP contribution < -0.4 is 16.0 Å². The Hall–Kier alpha value is -0.530. The Balaban J connectivity index is 0. The molecule has 0 aromatic carbocycles. The summed E-state index contributed by atoms with van der Waals surface area (Å²) in [5, 5.41) is 9.52. The smallest absolute Gasteiger partial charge is 0.222 e. The van der Waals surface area contributed by atoms with E-state index in [9.17, 15) is 4.79 Å². The number of carbonyl (C=O) groups is 1. The van der Waals surface area contributed by atoms with Crippen LogP contribution in [0.1, 0.15) is 54.4 Å². The van der Waals surface area contributed by atoms with Crippen LogP contribution in [0.25, 0.3) is 0 Å². The van der Waals surface area contributed by atoms with Gasteiger partial charge >= 0.3 is 0 Å². The maximum absolute atomic E-state index is 11.4. The number of hydrogen-bond acceptors (Lipinski definition) is 2. The second-order valence-electron chi connectivity index (χ2n) is 6.22. The van der Waals surface area contributed by atoms with Crippen LogP contribution in [0.5, 0.6) is 0 Å². The van der Waals surface area contributed by atoms with Crippen molar-refractivity contribution in [3.05, 3.63) is 0 Å². The van der Waals surface area contributed by atoms with Crippen LogP contribution >= 0.6 is 24.0 Å². The predicted octanol–water partition coefficient (Wildman–Crippen LogP) is 2.76. The number of rotatable bonds is 9. The molecule has 0 aromatic rings. The molecular formula is C16H35IN4O. The minimum atomic E-state index is 0. The van der Waals surface area contributed by atoms with Gasteiger partial charge in [0.05, 0.1) is 6.54 Å². The Morgan fingerprint density at radius 2 is 1.68 bits per heavy atom. The molecule has 132 valence electrons. The molecular weight excluding hydrogens is 391 g/mol. The number of carbonyl (C=O) groups excluding carboxylic acids is 1. The Labute approximate surface area is 153 Å². The second-order valence-corrected chi connectivity index (χ2v) is 6.22. The molecule has 5 nitrogen and oxygen atoms in total. The van der Waals surface area contributed by atoms with Gasteiger partial charge in [-0.15, -0.1) is 24.0 Å². The molecule has 1 amide bonds. The van der Waals surface area contributed by atoms with Gasteiger partial charge in [-0.1, -0.05) is 27.7 Å². The van der Waals surface area contributed by atoms with Crippen LogP contribution in [-0.4, -0.2) is 37.5 Å². The summed E-state index contributed by atoms with van der Waals surface area (Å²) in [6.07, 6.45) is 2.34. The molecule has 0 saturated heterocycles. The monoisotopic (exact) mass is 426 g/mol. The summed E-state index contributed by atoms with van der Waals surface area (Å²) in [5.74, 6) is 1.65. The van der Waals surface area contributed by atoms with Crippen LogP contribution in [0.15, 0.2) is 4.99 Å². The van der Waals surface area contributed by atoms with Crippen molar-refractivity contribution in [2.24, 2.45) is 16.8 Å². The van der Waals surface area contributed by atoms with Gasteiger partial charge in [0.2, 0.25) is 5.91 Å². The first-order valence-corrected chi connectivity index (χ1v) is 8.19. The van der Waals surface area contributed by atoms with Gasteiger partial charge in [-0.25, -0.2) is 0 Å². The van der Waals surface area contributed by atoms with Gasteiger partial charge in [0.25, 0.3) is 0 Å². The van der Waals surface area contributed by atoms with Crippen LogP contribution in [-0.2, 0) is 4.79 Å². The predicted molar refractivity (Wildman–Crippen MR) is 106 cm³/mol. The van der Waals surface area contributed by atoms with E-state index in [1.54, 1.807) is 0 Å². The Morgan fingerprint density at radius 1 is 1.05 bits per heavy atom. The van der Waals surface area contributed by atoms with Gasteiger partial charge in [-0.2, -0.15) is 0 Å². The number of nitrogens with zero attached hydrogens (tertiary/aromatic N) is 1. The normalized spacial score (nSPS) is 12.8. The first kappa shape index (κ1) is 23.7. The lowest BCUT2D eigenvalue weighted by Gasteiger charge is -2.18. The van der Waals surface area contributed by atoms with Crippen LogP contribution in [0.2, 0.25) is 0 Å². The molecule has 0 saturated carbocycles. The van der Waals surface area contributed by atoms with Crippen molar-refractivity contribution in [2.45, 2.75) is 60.4 Å². The molecule has 0 bridgehead atoms. The van der Waals surface area contributed by atoms with Gasteiger partial charge in [0.15, 0.2) is 5.96 Å². The Bertz CT molecular complexity index is 319. The van der Waals surface area contributed by atoms with Crippen molar-refractivity contribution in [3.63, 3.8) is 0 Å². The molecule has 22 heavy (non-hydrogen) atoms. The minimum absolute atomic E-state index is 0. The van der Waals surface area contributed by atoms with Gasteiger partial charge in [-0.05, 0) is 32.6 Å². The summed E-state index contributed by atoms with van der Waals surface area (Å²) in [4.78, 5) is 15.9. The topological polar surface area (TPSA) is 65.5 Å². The summed E-state index contributed by atoms with van der Waals surface area (Å²) in [6, 6.07) is 0.399. The maximum Gasteiger partial charge on any atom is 0.222 e. The summed E-state index contributed by atoms with van der Waals surface area (Å²) in [6.45, 7) is 14.5. The zero-order valence-corrected chi connectivity index (χ0v) is 17.4. The molecule has 0 aliphatic heterocycles. The van der Waals surface area contributed by atoms with Crippen molar-refractivity contribution in [1.29, 1.82) is 0 Å². The van der Waals surface area contributed by atoms with E-state index in [2.05, 4.69) is 48.6 Å². The highest BCUT2D eigenvalue weighted by Gasteiger charge is 2.07. The molecule has 0 rings (SSSR count). The molecule has 1 atom stereocenters. The van der Waals surface area contributed by atoms with Crippen molar-refractivity contribution in [3.8, 4) is 0 Å². The third-order valence-electron chi connectivity index (χ3n) is 3.11. The second kappa shape index (κ2) is 14.1. The molecule has 3 N–H and O–H groups in total. The molecule has 0 aromatic heterocycles. The highest BCUT2D eigenvalue weighted by molar-refractivity contribution is 14.0. The molecule has 6 heteroatoms. The lowest BCUT2D eigenvalue weighted by Crippen LogP contribution is -2.42. The molecule has 0 spiro atoms. The molecule has 1 unspecified atom stereocenters. The van der Waals surface area contributed by atoms with E-state index >= 15 is 0 Å². The fraction of sp³-hybridized carbons (Fsp3) is 0.875. The maximum atomic E-state index is 11.4. The highest BCUT2D eigenvalue weighted by Crippen LogP contribution is 2.06. The van der Waals surface area contributed by atoms with E-state index in [0.717, 1.165) is 24.8 Å². The number of hydrogen-bond donors (Lipinski definition) is 3. The van der Waals surface area contributed by atoms with Crippen molar-refractivity contribution < 1.29 is 4.79 Å². The Morgan fingerprint density at radius 3 is 2.18 bits per heavy atom. The van der Waals surface area contributed by atoms with Gasteiger partial charge in [0, 0.05) is 25.0 Å². The lowest BCUT2D eigenvalue weighted by atomic mass is 10.0. The Kier molecular flexibility index (Phi) is 15.2. The van der Waals surface area contributed by atoms with E-state index in [-0.39, 0.29) is 35.8 Å². The van der Waals surface area contributed by atoms with Gasteiger partial charge in [-0.3, -0.25) is 9.79 Å². The van der Waals surface area contributed by atoms with Crippen molar-refractivity contribution >= 4 is 35.8 Å². The van der Waals surface area contributed by atoms with E-state index in [4.69, 9.17) is 0 Å². The third kappa shape index (κ3) is 13.2. The number of nitrogens with one attached hydrogen (secondary N) is 3. The van der Waals surface area contributed by atoms with Crippen LogP contribution in [0, 0.1) is 11.8 Å². The SMILES string of the molecule is CCNC(=NCCNC(=O)C(C)C)NC(C)CCC(C)C.I. The molecule has 0 heterocycles. The third-order valence-corrected chi connectivity index (χ3v) is 3.11. The molecule has 0 fully saturated rings. The summed E-state index contributed by atoms with van der Waals surface area (Å²) in [7, 11) is 0. The largest absolute Gasteiger partial charge is 0.357 e. The average Bonchev–Trinajstić information content (AvgIpc) is 2.40. The highest BCUT2D eigenvalue weighted by atomic mass is 127. The van der Waals surface area contributed by atoms with E-state index in [1.807, 2.05) is 13.8 Å². The van der Waals surface area contributed by atoms with Crippen molar-refractivity contribution in [1.82, 2.24) is 16.0 Å². The average molecular weight is 426 g/mol. The molecule has 0 aliphatic carbocycles. The lowest BCUT2D eigenvalue weighted by molar-refractivity contribution is -0.123. The summed E-state index contributed by atoms with van der Waals surface area (Å²) < 4.78 is 0. The molecule has 0 radical (unpaired) electrons. The minimum Gasteiger partial charge on any atom is -0.357 e. The van der Waals surface area contributed by atoms with Gasteiger partial charge in [0.1, 0.15) is 0 Å². The fourth-order valence-electron chi connectivity index (χ4n) is 1.76. The van der Waals surface area contributed by atoms with Gasteiger partial charge < -0.3 is 16.0 Å².